The van der Waals surface area contributed by atoms with Gasteiger partial charge in [-0.25, -0.2) is 0 Å². The maximum absolute atomic E-state index is 5.89. The van der Waals surface area contributed by atoms with Gasteiger partial charge in [0.1, 0.15) is 0 Å². The Labute approximate surface area is 89.4 Å². The summed E-state index contributed by atoms with van der Waals surface area (Å²) in [6.45, 7) is 2.26. The molecule has 0 saturated heterocycles. The highest BCUT2D eigenvalue weighted by atomic mass is 35.5. The van der Waals surface area contributed by atoms with Gasteiger partial charge in [0.25, 0.3) is 0 Å². The van der Waals surface area contributed by atoms with Gasteiger partial charge < -0.3 is 11.1 Å². The third kappa shape index (κ3) is 1.95. The van der Waals surface area contributed by atoms with Crippen molar-refractivity contribution in [3.05, 3.63) is 23.2 Å². The monoisotopic (exact) mass is 210 g/mol. The van der Waals surface area contributed by atoms with Crippen molar-refractivity contribution in [2.75, 3.05) is 11.1 Å². The van der Waals surface area contributed by atoms with Crippen LogP contribution in [0.4, 0.5) is 11.4 Å². The molecule has 0 bridgehead atoms. The Morgan fingerprint density at radius 1 is 1.43 bits per heavy atom. The number of nitrogens with one attached hydrogen (secondary N) is 1. The summed E-state index contributed by atoms with van der Waals surface area (Å²) in [6.07, 6.45) is 2.46. The van der Waals surface area contributed by atoms with Crippen molar-refractivity contribution < 1.29 is 0 Å². The van der Waals surface area contributed by atoms with Gasteiger partial charge in [0.05, 0.1) is 11.4 Å². The van der Waals surface area contributed by atoms with Gasteiger partial charge in [0.2, 0.25) is 0 Å². The molecule has 1 aromatic carbocycles. The molecule has 1 saturated carbocycles. The molecule has 0 aromatic heterocycles. The minimum Gasteiger partial charge on any atom is -0.397 e. The second-order valence-corrected chi connectivity index (χ2v) is 4.59. The predicted molar refractivity (Wildman–Crippen MR) is 61.7 cm³/mol. The fourth-order valence-corrected chi connectivity index (χ4v) is 2.07. The number of anilines is 2. The highest BCUT2D eigenvalue weighted by molar-refractivity contribution is 6.31. The Morgan fingerprint density at radius 3 is 2.79 bits per heavy atom. The third-order valence-electron chi connectivity index (χ3n) is 2.75. The van der Waals surface area contributed by atoms with Gasteiger partial charge >= 0.3 is 0 Å². The van der Waals surface area contributed by atoms with Crippen molar-refractivity contribution >= 4 is 23.0 Å². The van der Waals surface area contributed by atoms with Crippen LogP contribution in [-0.4, -0.2) is 6.04 Å². The van der Waals surface area contributed by atoms with Crippen LogP contribution in [0.25, 0.3) is 0 Å². The van der Waals surface area contributed by atoms with Gasteiger partial charge in [-0.05, 0) is 37.0 Å². The minimum absolute atomic E-state index is 0.575. The lowest BCUT2D eigenvalue weighted by molar-refractivity contribution is 0.309. The quantitative estimate of drug-likeness (QED) is 0.737. The Morgan fingerprint density at radius 2 is 2.14 bits per heavy atom. The van der Waals surface area contributed by atoms with Crippen LogP contribution in [0.5, 0.6) is 0 Å². The summed E-state index contributed by atoms with van der Waals surface area (Å²) in [4.78, 5) is 0. The molecule has 0 atom stereocenters. The highest BCUT2D eigenvalue weighted by Gasteiger charge is 2.25. The summed E-state index contributed by atoms with van der Waals surface area (Å²) < 4.78 is 0. The van der Waals surface area contributed by atoms with Crippen LogP contribution in [0, 0.1) is 5.92 Å². The lowest BCUT2D eigenvalue weighted by atomic mass is 9.82. The molecule has 0 aliphatic heterocycles. The number of rotatable bonds is 2. The predicted octanol–water partition coefficient (Wildman–Crippen LogP) is 3.13. The summed E-state index contributed by atoms with van der Waals surface area (Å²) in [5.74, 6) is 0.841. The summed E-state index contributed by atoms with van der Waals surface area (Å²) in [5, 5.41) is 4.14. The number of hydrogen-bond acceptors (Lipinski definition) is 2. The van der Waals surface area contributed by atoms with E-state index in [9.17, 15) is 0 Å². The smallest absolute Gasteiger partial charge is 0.0591 e. The van der Waals surface area contributed by atoms with Gasteiger partial charge in [-0.15, -0.1) is 0 Å². The highest BCUT2D eigenvalue weighted by Crippen LogP contribution is 2.32. The fraction of sp³-hybridized carbons (Fsp3) is 0.455. The fourth-order valence-electron chi connectivity index (χ4n) is 1.89. The van der Waals surface area contributed by atoms with Gasteiger partial charge in [-0.3, -0.25) is 0 Å². The first-order chi connectivity index (χ1) is 6.65. The molecule has 0 radical (unpaired) electrons. The molecule has 0 unspecified atom stereocenters. The first-order valence-corrected chi connectivity index (χ1v) is 5.34. The SMILES string of the molecule is CC1CC(Nc2cc(Cl)ccc2N)C1. The van der Waals surface area contributed by atoms with Crippen molar-refractivity contribution in [2.24, 2.45) is 5.92 Å². The van der Waals surface area contributed by atoms with Crippen molar-refractivity contribution in [3.8, 4) is 0 Å². The molecular formula is C11H15ClN2. The average molecular weight is 211 g/mol. The molecule has 3 N–H and O–H groups in total. The van der Waals surface area contributed by atoms with Gasteiger partial charge in [0.15, 0.2) is 0 Å². The van der Waals surface area contributed by atoms with Crippen molar-refractivity contribution in [1.82, 2.24) is 0 Å². The van der Waals surface area contributed by atoms with Gasteiger partial charge in [0, 0.05) is 11.1 Å². The molecule has 76 valence electrons. The third-order valence-corrected chi connectivity index (χ3v) is 2.98. The van der Waals surface area contributed by atoms with Crippen LogP contribution in [0.2, 0.25) is 5.02 Å². The molecular weight excluding hydrogens is 196 g/mol. The van der Waals surface area contributed by atoms with Gasteiger partial charge in [-0.1, -0.05) is 18.5 Å². The standard InChI is InChI=1S/C11H15ClN2/c1-7-4-9(5-7)14-11-6-8(12)2-3-10(11)13/h2-3,6-7,9,14H,4-5,13H2,1H3. The molecule has 1 aliphatic rings. The Bertz CT molecular complexity index is 332. The number of hydrogen-bond donors (Lipinski definition) is 2. The maximum Gasteiger partial charge on any atom is 0.0591 e. The Balaban J connectivity index is 2.05. The number of nitrogen functional groups attached to an aromatic ring is 1. The van der Waals surface area contributed by atoms with Crippen molar-refractivity contribution in [1.29, 1.82) is 0 Å². The first kappa shape index (κ1) is 9.66. The number of halogens is 1. The summed E-state index contributed by atoms with van der Waals surface area (Å²) in [7, 11) is 0. The van der Waals surface area contributed by atoms with E-state index in [1.807, 2.05) is 18.2 Å². The molecule has 14 heavy (non-hydrogen) atoms. The lowest BCUT2D eigenvalue weighted by Crippen LogP contribution is -2.33. The van der Waals surface area contributed by atoms with Crippen LogP contribution >= 0.6 is 11.6 Å². The zero-order valence-electron chi connectivity index (χ0n) is 8.26. The topological polar surface area (TPSA) is 38.0 Å². The molecule has 1 aliphatic carbocycles. The minimum atomic E-state index is 0.575. The van der Waals surface area contributed by atoms with E-state index in [-0.39, 0.29) is 0 Å². The number of benzene rings is 1. The van der Waals surface area contributed by atoms with Crippen LogP contribution in [0.15, 0.2) is 18.2 Å². The van der Waals surface area contributed by atoms with Crippen molar-refractivity contribution in [3.63, 3.8) is 0 Å². The van der Waals surface area contributed by atoms with E-state index in [0.29, 0.717) is 6.04 Å². The lowest BCUT2D eigenvalue weighted by Gasteiger charge is -2.34. The van der Waals surface area contributed by atoms with E-state index >= 15 is 0 Å². The van der Waals surface area contributed by atoms with Crippen LogP contribution in [0.3, 0.4) is 0 Å². The van der Waals surface area contributed by atoms with Gasteiger partial charge in [-0.2, -0.15) is 0 Å². The van der Waals surface area contributed by atoms with Crippen LogP contribution in [0.1, 0.15) is 19.8 Å². The summed E-state index contributed by atoms with van der Waals surface area (Å²) in [5.41, 5.74) is 7.57. The molecule has 1 fully saturated rings. The molecule has 3 heteroatoms. The molecule has 2 rings (SSSR count). The average Bonchev–Trinajstić information content (AvgIpc) is 2.09. The summed E-state index contributed by atoms with van der Waals surface area (Å²) >= 11 is 5.89. The normalized spacial score (nSPS) is 25.6. The number of nitrogens with two attached hydrogens (primary N) is 1. The first-order valence-electron chi connectivity index (χ1n) is 4.96. The largest absolute Gasteiger partial charge is 0.397 e. The van der Waals surface area contributed by atoms with Crippen LogP contribution < -0.4 is 11.1 Å². The molecule has 0 amide bonds. The molecule has 0 heterocycles. The van der Waals surface area contributed by atoms with E-state index in [1.165, 1.54) is 12.8 Å². The van der Waals surface area contributed by atoms with E-state index in [0.717, 1.165) is 22.3 Å². The summed E-state index contributed by atoms with van der Waals surface area (Å²) in [6, 6.07) is 6.11. The maximum atomic E-state index is 5.89. The van der Waals surface area contributed by atoms with Crippen molar-refractivity contribution in [2.45, 2.75) is 25.8 Å². The van der Waals surface area contributed by atoms with E-state index < -0.39 is 0 Å². The Hall–Kier alpha value is -0.890. The Kier molecular flexibility index (Phi) is 2.55. The van der Waals surface area contributed by atoms with E-state index in [2.05, 4.69) is 12.2 Å². The molecule has 0 spiro atoms. The second-order valence-electron chi connectivity index (χ2n) is 4.15. The second kappa shape index (κ2) is 3.70. The zero-order chi connectivity index (χ0) is 10.1. The zero-order valence-corrected chi connectivity index (χ0v) is 9.01. The van der Waals surface area contributed by atoms with E-state index in [1.54, 1.807) is 0 Å². The van der Waals surface area contributed by atoms with Crippen LogP contribution in [-0.2, 0) is 0 Å². The molecule has 1 aromatic rings. The van der Waals surface area contributed by atoms with E-state index in [4.69, 9.17) is 17.3 Å². The molecule has 2 nitrogen and oxygen atoms in total.